The summed E-state index contributed by atoms with van der Waals surface area (Å²) in [4.78, 5) is 18.9. The molecule has 0 spiro atoms. The van der Waals surface area contributed by atoms with Crippen LogP contribution in [0.25, 0.3) is 0 Å². The van der Waals surface area contributed by atoms with Crippen molar-refractivity contribution in [2.24, 2.45) is 0 Å². The average Bonchev–Trinajstić information content (AvgIpc) is 2.83. The number of amides is 1. The summed E-state index contributed by atoms with van der Waals surface area (Å²) in [5.41, 5.74) is 4.68. The van der Waals surface area contributed by atoms with E-state index in [1.165, 1.54) is 17.5 Å². The van der Waals surface area contributed by atoms with Crippen LogP contribution in [0, 0.1) is 0 Å². The first-order valence-corrected chi connectivity index (χ1v) is 12.1. The predicted octanol–water partition coefficient (Wildman–Crippen LogP) is 3.46. The Labute approximate surface area is 198 Å². The van der Waals surface area contributed by atoms with Gasteiger partial charge in [-0.2, -0.15) is 0 Å². The Morgan fingerprint density at radius 3 is 2.67 bits per heavy atom. The number of fused-ring (bicyclic) bond motifs is 1. The monoisotopic (exact) mass is 450 g/mol. The number of nitrogens with one attached hydrogen (secondary N) is 1. The molecular formula is C27H38N4O2. The van der Waals surface area contributed by atoms with Crippen LogP contribution in [0.3, 0.4) is 0 Å². The van der Waals surface area contributed by atoms with Gasteiger partial charge in [0.25, 0.3) is 0 Å². The van der Waals surface area contributed by atoms with Crippen molar-refractivity contribution in [2.75, 3.05) is 52.8 Å². The van der Waals surface area contributed by atoms with Crippen LogP contribution in [0.1, 0.15) is 42.0 Å². The fourth-order valence-corrected chi connectivity index (χ4v) is 5.23. The molecule has 0 bridgehead atoms. The first-order valence-electron chi connectivity index (χ1n) is 12.1. The zero-order valence-electron chi connectivity index (χ0n) is 20.5. The Bertz CT molecular complexity index is 947. The van der Waals surface area contributed by atoms with Crippen molar-refractivity contribution in [3.63, 3.8) is 0 Å². The molecule has 2 aromatic carbocycles. The van der Waals surface area contributed by atoms with Gasteiger partial charge in [0.05, 0.1) is 13.2 Å². The largest absolute Gasteiger partial charge is 0.496 e. The van der Waals surface area contributed by atoms with E-state index in [2.05, 4.69) is 71.7 Å². The minimum Gasteiger partial charge on any atom is -0.496 e. The Kier molecular flexibility index (Phi) is 7.68. The summed E-state index contributed by atoms with van der Waals surface area (Å²) in [6.45, 7) is 3.95. The molecule has 0 saturated carbocycles. The summed E-state index contributed by atoms with van der Waals surface area (Å²) < 4.78 is 5.75. The molecule has 2 unspecified atom stereocenters. The third kappa shape index (κ3) is 5.40. The fraction of sp³-hybridized carbons (Fsp3) is 0.519. The second-order valence-electron chi connectivity index (χ2n) is 9.57. The van der Waals surface area contributed by atoms with Crippen LogP contribution >= 0.6 is 0 Å². The highest BCUT2D eigenvalue weighted by Gasteiger charge is 2.32. The first-order chi connectivity index (χ1) is 16.0. The third-order valence-corrected chi connectivity index (χ3v) is 7.09. The van der Waals surface area contributed by atoms with Gasteiger partial charge < -0.3 is 19.9 Å². The lowest BCUT2D eigenvalue weighted by Crippen LogP contribution is -2.49. The fourth-order valence-electron chi connectivity index (χ4n) is 5.23. The van der Waals surface area contributed by atoms with Gasteiger partial charge in [0, 0.05) is 50.4 Å². The van der Waals surface area contributed by atoms with Crippen molar-refractivity contribution >= 4 is 11.6 Å². The Morgan fingerprint density at radius 1 is 1.15 bits per heavy atom. The summed E-state index contributed by atoms with van der Waals surface area (Å²) in [6, 6.07) is 15.8. The van der Waals surface area contributed by atoms with Gasteiger partial charge in [0.2, 0.25) is 5.91 Å². The molecule has 2 aromatic rings. The summed E-state index contributed by atoms with van der Waals surface area (Å²) in [5, 5.41) is 3.87. The molecule has 1 fully saturated rings. The minimum atomic E-state index is 0.180. The van der Waals surface area contributed by atoms with Gasteiger partial charge >= 0.3 is 0 Å². The van der Waals surface area contributed by atoms with Gasteiger partial charge in [0.15, 0.2) is 0 Å². The number of likely N-dealkylation sites (N-methyl/N-ethyl adjacent to an activating group) is 1. The first kappa shape index (κ1) is 23.7. The number of ether oxygens (including phenoxy) is 1. The maximum atomic E-state index is 12.2. The standard InChI is InChI=1S/C27H38N4O2/c1-29(2)15-16-31-14-8-11-23(27(31)20-9-6-5-7-10-20)28-19-22-17-24-21(18-25(22)33-4)12-13-26(32)30(24)3/h5-7,9-10,17-18,23,27-28H,8,11-16,19H2,1-4H3. The number of hydrogen-bond acceptors (Lipinski definition) is 5. The van der Waals surface area contributed by atoms with Crippen molar-refractivity contribution in [3.05, 3.63) is 59.2 Å². The molecule has 1 amide bonds. The van der Waals surface area contributed by atoms with Gasteiger partial charge in [-0.3, -0.25) is 9.69 Å². The van der Waals surface area contributed by atoms with Gasteiger partial charge in [-0.05, 0) is 63.2 Å². The Balaban J connectivity index is 1.56. The van der Waals surface area contributed by atoms with E-state index in [-0.39, 0.29) is 5.91 Å². The number of anilines is 1. The molecule has 6 nitrogen and oxygen atoms in total. The van der Waals surface area contributed by atoms with Crippen LogP contribution in [0.5, 0.6) is 5.75 Å². The molecule has 2 heterocycles. The zero-order chi connectivity index (χ0) is 23.4. The summed E-state index contributed by atoms with van der Waals surface area (Å²) in [7, 11) is 7.89. The molecule has 33 heavy (non-hydrogen) atoms. The van der Waals surface area contributed by atoms with E-state index < -0.39 is 0 Å². The van der Waals surface area contributed by atoms with Crippen molar-refractivity contribution in [1.82, 2.24) is 15.1 Å². The number of likely N-dealkylation sites (tertiary alicyclic amines) is 1. The van der Waals surface area contributed by atoms with Gasteiger partial charge in [-0.1, -0.05) is 30.3 Å². The number of hydrogen-bond donors (Lipinski definition) is 1. The number of benzene rings is 2. The van der Waals surface area contributed by atoms with Gasteiger partial charge in [0.1, 0.15) is 5.75 Å². The number of aryl methyl sites for hydroxylation is 1. The van der Waals surface area contributed by atoms with E-state index in [0.29, 0.717) is 25.0 Å². The molecule has 178 valence electrons. The molecule has 6 heteroatoms. The van der Waals surface area contributed by atoms with Crippen LogP contribution in [0.15, 0.2) is 42.5 Å². The molecule has 2 aliphatic rings. The molecule has 4 rings (SSSR count). The number of methoxy groups -OCH3 is 1. The molecule has 2 aliphatic heterocycles. The van der Waals surface area contributed by atoms with Crippen molar-refractivity contribution < 1.29 is 9.53 Å². The van der Waals surface area contributed by atoms with Crippen LogP contribution < -0.4 is 15.0 Å². The van der Waals surface area contributed by atoms with Crippen LogP contribution in [-0.2, 0) is 17.8 Å². The normalized spacial score (nSPS) is 21.4. The second kappa shape index (κ2) is 10.7. The highest BCUT2D eigenvalue weighted by atomic mass is 16.5. The van der Waals surface area contributed by atoms with Gasteiger partial charge in [-0.25, -0.2) is 0 Å². The van der Waals surface area contributed by atoms with Crippen molar-refractivity contribution in [3.8, 4) is 5.75 Å². The smallest absolute Gasteiger partial charge is 0.227 e. The van der Waals surface area contributed by atoms with Crippen LogP contribution in [-0.4, -0.2) is 69.6 Å². The average molecular weight is 451 g/mol. The molecule has 0 aromatic heterocycles. The van der Waals surface area contributed by atoms with Crippen molar-refractivity contribution in [1.29, 1.82) is 0 Å². The lowest BCUT2D eigenvalue weighted by molar-refractivity contribution is -0.118. The number of carbonyl (C=O) groups is 1. The quantitative estimate of drug-likeness (QED) is 0.668. The van der Waals surface area contributed by atoms with E-state index in [4.69, 9.17) is 4.74 Å². The highest BCUT2D eigenvalue weighted by Crippen LogP contribution is 2.35. The number of nitrogens with zero attached hydrogens (tertiary/aromatic N) is 3. The maximum Gasteiger partial charge on any atom is 0.227 e. The van der Waals surface area contributed by atoms with Crippen molar-refractivity contribution in [2.45, 2.75) is 44.3 Å². The van der Waals surface area contributed by atoms with Gasteiger partial charge in [-0.15, -0.1) is 0 Å². The number of piperidine rings is 1. The topological polar surface area (TPSA) is 48.1 Å². The Hall–Kier alpha value is -2.41. The predicted molar refractivity (Wildman–Crippen MR) is 134 cm³/mol. The Morgan fingerprint density at radius 2 is 1.94 bits per heavy atom. The van der Waals surface area contributed by atoms with E-state index >= 15 is 0 Å². The molecule has 2 atom stereocenters. The molecule has 0 aliphatic carbocycles. The van der Waals surface area contributed by atoms with E-state index in [1.807, 2.05) is 7.05 Å². The SMILES string of the molecule is COc1cc2c(cc1CNC1CCCN(CCN(C)C)C1c1ccccc1)N(C)C(=O)CC2. The molecule has 1 saturated heterocycles. The summed E-state index contributed by atoms with van der Waals surface area (Å²) in [5.74, 6) is 1.08. The molecular weight excluding hydrogens is 412 g/mol. The summed E-state index contributed by atoms with van der Waals surface area (Å²) in [6.07, 6.45) is 3.67. The minimum absolute atomic E-state index is 0.180. The summed E-state index contributed by atoms with van der Waals surface area (Å²) >= 11 is 0. The number of rotatable bonds is 8. The van der Waals surface area contributed by atoms with E-state index in [0.717, 1.165) is 49.5 Å². The zero-order valence-corrected chi connectivity index (χ0v) is 20.5. The second-order valence-corrected chi connectivity index (χ2v) is 9.57. The van der Waals surface area contributed by atoms with Crippen LogP contribution in [0.4, 0.5) is 5.69 Å². The van der Waals surface area contributed by atoms with E-state index in [9.17, 15) is 4.79 Å². The molecule has 0 radical (unpaired) electrons. The molecule has 1 N–H and O–H groups in total. The number of carbonyl (C=O) groups excluding carboxylic acids is 1. The third-order valence-electron chi connectivity index (χ3n) is 7.09. The lowest BCUT2D eigenvalue weighted by Gasteiger charge is -2.42. The van der Waals surface area contributed by atoms with Crippen LogP contribution in [0.2, 0.25) is 0 Å². The lowest BCUT2D eigenvalue weighted by atomic mass is 9.90. The maximum absolute atomic E-state index is 12.2. The van der Waals surface area contributed by atoms with E-state index in [1.54, 1.807) is 12.0 Å². The highest BCUT2D eigenvalue weighted by molar-refractivity contribution is 5.96.